The molecule has 1 atom stereocenters. The number of benzene rings is 3. The zero-order valence-corrected chi connectivity index (χ0v) is 20.4. The van der Waals surface area contributed by atoms with Crippen LogP contribution in [0.2, 0.25) is 0 Å². The third kappa shape index (κ3) is 3.63. The van der Waals surface area contributed by atoms with Crippen molar-refractivity contribution in [3.05, 3.63) is 83.4 Å². The van der Waals surface area contributed by atoms with Gasteiger partial charge in [0.05, 0.1) is 14.2 Å². The van der Waals surface area contributed by atoms with Crippen LogP contribution < -0.4 is 9.47 Å². The number of rotatable bonds is 7. The number of ether oxygens (including phenoxy) is 2. The molecule has 4 heteroatoms. The van der Waals surface area contributed by atoms with Gasteiger partial charge < -0.3 is 14.6 Å². The fourth-order valence-electron chi connectivity index (χ4n) is 4.91. The number of fused-ring (bicyclic) bond motifs is 2. The topological polar surface area (TPSA) is 55.8 Å². The molecule has 0 heterocycles. The second kappa shape index (κ2) is 9.86. The molecule has 0 spiro atoms. The van der Waals surface area contributed by atoms with E-state index in [0.717, 1.165) is 29.2 Å². The van der Waals surface area contributed by atoms with Crippen molar-refractivity contribution >= 4 is 27.7 Å². The molecule has 0 amide bonds. The van der Waals surface area contributed by atoms with Gasteiger partial charge in [0.2, 0.25) is 5.78 Å². The number of hydrogen-bond acceptors (Lipinski definition) is 4. The number of carbonyl (C=O) groups excluding carboxylic acids is 1. The fourth-order valence-corrected chi connectivity index (χ4v) is 4.91. The Morgan fingerprint density at radius 1 is 0.794 bits per heavy atom. The van der Waals surface area contributed by atoms with E-state index in [0.29, 0.717) is 46.6 Å². The van der Waals surface area contributed by atoms with Gasteiger partial charge in [-0.1, -0.05) is 93.4 Å². The van der Waals surface area contributed by atoms with E-state index in [1.54, 1.807) is 14.2 Å². The lowest BCUT2D eigenvalue weighted by atomic mass is 9.67. The van der Waals surface area contributed by atoms with E-state index in [2.05, 4.69) is 13.8 Å². The smallest absolute Gasteiger partial charge is 0.204 e. The largest absolute Gasteiger partial charge is 0.495 e. The first-order chi connectivity index (χ1) is 16.5. The Labute approximate surface area is 201 Å². The molecular weight excluding hydrogens is 424 g/mol. The van der Waals surface area contributed by atoms with Crippen molar-refractivity contribution in [1.82, 2.24) is 0 Å². The van der Waals surface area contributed by atoms with Gasteiger partial charge in [-0.25, -0.2) is 0 Å². The van der Waals surface area contributed by atoms with Crippen LogP contribution in [0.15, 0.2) is 66.7 Å². The molecule has 1 aliphatic carbocycles. The Kier molecular flexibility index (Phi) is 6.90. The van der Waals surface area contributed by atoms with Gasteiger partial charge in [-0.2, -0.15) is 0 Å². The molecule has 176 valence electrons. The van der Waals surface area contributed by atoms with E-state index < -0.39 is 5.60 Å². The standard InChI is InChI=1S/C30H32O4/c1-5-7-16-23-25-26(28(34-4)22-18-13-12-17-21(22)27(25)33-3)24(19-8-6-2)30(32,29(23)31)20-14-10-9-11-15-20/h9-19,32H,5-8H2,1-4H3/b23-16-,24-19-. The highest BCUT2D eigenvalue weighted by Gasteiger charge is 2.50. The number of hydrogen-bond donors (Lipinski definition) is 1. The highest BCUT2D eigenvalue weighted by molar-refractivity contribution is 6.34. The summed E-state index contributed by atoms with van der Waals surface area (Å²) in [6, 6.07) is 17.1. The molecule has 1 unspecified atom stereocenters. The van der Waals surface area contributed by atoms with Crippen molar-refractivity contribution < 1.29 is 19.4 Å². The first kappa shape index (κ1) is 23.8. The molecule has 0 bridgehead atoms. The average molecular weight is 457 g/mol. The van der Waals surface area contributed by atoms with Crippen molar-refractivity contribution in [3.63, 3.8) is 0 Å². The molecule has 4 rings (SSSR count). The van der Waals surface area contributed by atoms with Gasteiger partial charge in [0.15, 0.2) is 5.60 Å². The lowest BCUT2D eigenvalue weighted by Crippen LogP contribution is -2.41. The molecular formula is C30H32O4. The molecule has 3 aromatic carbocycles. The van der Waals surface area contributed by atoms with E-state index in [4.69, 9.17) is 9.47 Å². The van der Waals surface area contributed by atoms with Crippen LogP contribution in [0.1, 0.15) is 56.2 Å². The number of carbonyl (C=O) groups is 1. The Morgan fingerprint density at radius 2 is 1.32 bits per heavy atom. The number of allylic oxidation sites excluding steroid dienone is 2. The third-order valence-electron chi connectivity index (χ3n) is 6.50. The zero-order chi connectivity index (χ0) is 24.3. The molecule has 0 radical (unpaired) electrons. The molecule has 0 saturated carbocycles. The van der Waals surface area contributed by atoms with Gasteiger partial charge in [0, 0.05) is 33.0 Å². The molecule has 3 aromatic rings. The average Bonchev–Trinajstić information content (AvgIpc) is 2.88. The van der Waals surface area contributed by atoms with Gasteiger partial charge in [0.1, 0.15) is 11.5 Å². The summed E-state index contributed by atoms with van der Waals surface area (Å²) in [5.74, 6) is 0.926. The number of unbranched alkanes of at least 4 members (excludes halogenated alkanes) is 2. The minimum Gasteiger partial charge on any atom is -0.495 e. The molecule has 0 fully saturated rings. The Bertz CT molecular complexity index is 1270. The molecule has 0 aliphatic heterocycles. The predicted molar refractivity (Wildman–Crippen MR) is 138 cm³/mol. The number of Topliss-reactive ketones (excluding diaryl/α,β-unsaturated/α-hetero) is 1. The SMILES string of the molecule is CCC/C=C1\C(=O)C(O)(c2ccccc2)/C(=C\CCC)c2c1c(OC)c1ccccc1c2OC. The summed E-state index contributed by atoms with van der Waals surface area (Å²) < 4.78 is 12.0. The Balaban J connectivity index is 2.23. The normalized spacial score (nSPS) is 20.1. The van der Waals surface area contributed by atoms with Crippen molar-refractivity contribution in [3.8, 4) is 11.5 Å². The molecule has 34 heavy (non-hydrogen) atoms. The lowest BCUT2D eigenvalue weighted by molar-refractivity contribution is -0.126. The van der Waals surface area contributed by atoms with Crippen LogP contribution in [0, 0.1) is 0 Å². The first-order valence-electron chi connectivity index (χ1n) is 11.9. The van der Waals surface area contributed by atoms with E-state index >= 15 is 0 Å². The number of ketones is 1. The summed E-state index contributed by atoms with van der Waals surface area (Å²) in [5, 5.41) is 14.1. The highest BCUT2D eigenvalue weighted by Crippen LogP contribution is 2.56. The van der Waals surface area contributed by atoms with Crippen LogP contribution in [0.25, 0.3) is 21.9 Å². The van der Waals surface area contributed by atoms with Crippen molar-refractivity contribution in [2.75, 3.05) is 14.2 Å². The van der Waals surface area contributed by atoms with Crippen LogP contribution in [-0.2, 0) is 10.4 Å². The van der Waals surface area contributed by atoms with Crippen molar-refractivity contribution in [2.24, 2.45) is 0 Å². The van der Waals surface area contributed by atoms with Crippen LogP contribution in [0.3, 0.4) is 0 Å². The van der Waals surface area contributed by atoms with E-state index in [1.165, 1.54) is 0 Å². The van der Waals surface area contributed by atoms with Crippen molar-refractivity contribution in [2.45, 2.75) is 45.1 Å². The maximum Gasteiger partial charge on any atom is 0.204 e. The highest BCUT2D eigenvalue weighted by atomic mass is 16.5. The van der Waals surface area contributed by atoms with Gasteiger partial charge >= 0.3 is 0 Å². The van der Waals surface area contributed by atoms with Crippen molar-refractivity contribution in [1.29, 1.82) is 0 Å². The Hall–Kier alpha value is -3.37. The molecule has 4 nitrogen and oxygen atoms in total. The molecule has 1 N–H and O–H groups in total. The predicted octanol–water partition coefficient (Wildman–Crippen LogP) is 6.69. The van der Waals surface area contributed by atoms with Gasteiger partial charge in [0.25, 0.3) is 0 Å². The monoisotopic (exact) mass is 456 g/mol. The van der Waals surface area contributed by atoms with Crippen LogP contribution in [0.4, 0.5) is 0 Å². The van der Waals surface area contributed by atoms with E-state index in [1.807, 2.05) is 66.7 Å². The van der Waals surface area contributed by atoms with Crippen LogP contribution in [-0.4, -0.2) is 25.1 Å². The van der Waals surface area contributed by atoms with Crippen LogP contribution >= 0.6 is 0 Å². The fraction of sp³-hybridized carbons (Fsp3) is 0.300. The van der Waals surface area contributed by atoms with Gasteiger partial charge in [-0.05, 0) is 18.4 Å². The third-order valence-corrected chi connectivity index (χ3v) is 6.50. The summed E-state index contributed by atoms with van der Waals surface area (Å²) in [6.45, 7) is 4.15. The minimum atomic E-state index is -1.83. The summed E-state index contributed by atoms with van der Waals surface area (Å²) >= 11 is 0. The second-order valence-corrected chi connectivity index (χ2v) is 8.58. The second-order valence-electron chi connectivity index (χ2n) is 8.58. The first-order valence-corrected chi connectivity index (χ1v) is 11.9. The van der Waals surface area contributed by atoms with Crippen LogP contribution in [0.5, 0.6) is 11.5 Å². The quantitative estimate of drug-likeness (QED) is 0.402. The summed E-state index contributed by atoms with van der Waals surface area (Å²) in [7, 11) is 3.27. The number of methoxy groups -OCH3 is 2. The summed E-state index contributed by atoms with van der Waals surface area (Å²) in [6.07, 6.45) is 7.09. The summed E-state index contributed by atoms with van der Waals surface area (Å²) in [5.41, 5.74) is 1.15. The maximum atomic E-state index is 14.2. The minimum absolute atomic E-state index is 0.336. The molecule has 0 saturated heterocycles. The molecule has 1 aliphatic rings. The summed E-state index contributed by atoms with van der Waals surface area (Å²) in [4.78, 5) is 14.2. The van der Waals surface area contributed by atoms with Gasteiger partial charge in [-0.3, -0.25) is 4.79 Å². The van der Waals surface area contributed by atoms with Gasteiger partial charge in [-0.15, -0.1) is 0 Å². The zero-order valence-electron chi connectivity index (χ0n) is 20.4. The van der Waals surface area contributed by atoms with E-state index in [-0.39, 0.29) is 5.78 Å². The Morgan fingerprint density at radius 3 is 1.88 bits per heavy atom. The number of aliphatic hydroxyl groups is 1. The van der Waals surface area contributed by atoms with E-state index in [9.17, 15) is 9.90 Å². The molecule has 0 aromatic heterocycles. The lowest BCUT2D eigenvalue weighted by Gasteiger charge is -2.38. The maximum absolute atomic E-state index is 14.2.